The van der Waals surface area contributed by atoms with E-state index in [0.29, 0.717) is 49.5 Å². The van der Waals surface area contributed by atoms with Gasteiger partial charge >= 0.3 is 17.9 Å². The van der Waals surface area contributed by atoms with Crippen LogP contribution in [0.3, 0.4) is 0 Å². The van der Waals surface area contributed by atoms with Gasteiger partial charge in [0, 0.05) is 43.4 Å². The Morgan fingerprint density at radius 1 is 0.918 bits per heavy atom. The van der Waals surface area contributed by atoms with E-state index < -0.39 is 42.1 Å². The summed E-state index contributed by atoms with van der Waals surface area (Å²) in [5.74, 6) is -5.96. The summed E-state index contributed by atoms with van der Waals surface area (Å²) in [5, 5.41) is 10.8. The summed E-state index contributed by atoms with van der Waals surface area (Å²) in [7, 11) is 0. The number of alkyl halides is 2. The minimum absolute atomic E-state index is 0.00986. The van der Waals surface area contributed by atoms with Crippen LogP contribution >= 0.6 is 0 Å². The van der Waals surface area contributed by atoms with Crippen LogP contribution in [0.1, 0.15) is 87.7 Å². The quantitative estimate of drug-likeness (QED) is 0.0750. The number of carbonyl (C=O) groups excluding carboxylic acids is 5. The number of benzene rings is 2. The molecule has 2 aliphatic heterocycles. The predicted octanol–water partition coefficient (Wildman–Crippen LogP) is 5.07. The lowest BCUT2D eigenvalue weighted by Crippen LogP contribution is -2.36. The van der Waals surface area contributed by atoms with Gasteiger partial charge in [-0.05, 0) is 37.8 Å². The Bertz CT molecular complexity index is 1470. The van der Waals surface area contributed by atoms with E-state index in [-0.39, 0.29) is 48.7 Å². The number of hydrogen-bond donors (Lipinski definition) is 1. The highest BCUT2D eigenvalue weighted by atomic mass is 19.3. The fourth-order valence-electron chi connectivity index (χ4n) is 5.66. The largest absolute Gasteiger partial charge is 0.466 e. The van der Waals surface area contributed by atoms with Crippen LogP contribution in [0.15, 0.2) is 66.7 Å². The maximum atomic E-state index is 15.8. The van der Waals surface area contributed by atoms with E-state index in [9.17, 15) is 29.1 Å². The van der Waals surface area contributed by atoms with Gasteiger partial charge in [0.15, 0.2) is 6.10 Å². The molecule has 3 amide bonds. The van der Waals surface area contributed by atoms with Gasteiger partial charge < -0.3 is 19.5 Å². The first kappa shape index (κ1) is 37.3. The molecule has 0 spiro atoms. The molecule has 2 heterocycles. The molecule has 0 saturated carbocycles. The highest BCUT2D eigenvalue weighted by Gasteiger charge is 2.43. The van der Waals surface area contributed by atoms with Crippen molar-refractivity contribution >= 4 is 29.7 Å². The molecule has 0 bridgehead atoms. The van der Waals surface area contributed by atoms with Gasteiger partial charge in [-0.15, -0.1) is 0 Å². The summed E-state index contributed by atoms with van der Waals surface area (Å²) in [6.07, 6.45) is 2.70. The molecule has 3 atom stereocenters. The van der Waals surface area contributed by atoms with Crippen molar-refractivity contribution in [3.8, 4) is 0 Å². The first-order valence-corrected chi connectivity index (χ1v) is 16.5. The fraction of sp³-hybridized carbons (Fsp3) is 0.472. The monoisotopic (exact) mass is 684 g/mol. The Hall–Kier alpha value is -4.49. The highest BCUT2D eigenvalue weighted by molar-refractivity contribution is 6.00. The lowest BCUT2D eigenvalue weighted by Gasteiger charge is -2.27. The lowest BCUT2D eigenvalue weighted by atomic mass is 10.0. The van der Waals surface area contributed by atoms with E-state index in [0.717, 1.165) is 18.9 Å². The van der Waals surface area contributed by atoms with Crippen molar-refractivity contribution in [1.29, 1.82) is 0 Å². The Labute approximate surface area is 283 Å². The zero-order valence-corrected chi connectivity index (χ0v) is 27.4. The molecule has 49 heavy (non-hydrogen) atoms. The maximum absolute atomic E-state index is 15.8. The van der Waals surface area contributed by atoms with Gasteiger partial charge in [-0.3, -0.25) is 24.0 Å². The van der Waals surface area contributed by atoms with Crippen LogP contribution in [0.25, 0.3) is 0 Å². The zero-order chi connectivity index (χ0) is 35.4. The molecule has 1 N–H and O–H groups in total. The van der Waals surface area contributed by atoms with Crippen molar-refractivity contribution in [1.82, 2.24) is 9.96 Å². The minimum Gasteiger partial charge on any atom is -0.466 e. The van der Waals surface area contributed by atoms with E-state index in [1.165, 1.54) is 54.6 Å². The third kappa shape index (κ3) is 10.5. The molecular formula is C36H42F2N2O9. The third-order valence-electron chi connectivity index (χ3n) is 8.32. The van der Waals surface area contributed by atoms with Crippen molar-refractivity contribution in [3.05, 3.63) is 83.4 Å². The number of unbranched alkanes of at least 4 members (excludes halogenated alkanes) is 3. The molecule has 2 aromatic rings. The standard InChI is InChI=1S/C36H42F2N2O9/c1-2-47-33(44)12-8-3-4-9-23-39-28(18-20-30(39)41)17-19-29(36(37,38)27-10-6-5-7-11-27)48-34(45)24-25-13-15-26(16-14-25)35(46)49-40-31(42)21-22-32(40)43/h5-7,10-11,13-17,19,28-29,35,46H,2-4,8-9,12,18,20-24H2,1H3/b19-17+/t28-,29+,35?/m0/s1. The molecule has 264 valence electrons. The third-order valence-corrected chi connectivity index (χ3v) is 8.32. The van der Waals surface area contributed by atoms with Gasteiger partial charge in [0.1, 0.15) is 0 Å². The second-order valence-corrected chi connectivity index (χ2v) is 11.9. The van der Waals surface area contributed by atoms with Crippen molar-refractivity contribution in [2.75, 3.05) is 13.2 Å². The SMILES string of the molecule is CCOC(=O)CCCCCCN1C(=O)CC[C@@H]1/C=C/[C@@H](OC(=O)Cc1ccc(C(O)ON2C(=O)CCC2=O)cc1)C(F)(F)c1ccccc1. The van der Waals surface area contributed by atoms with Crippen LogP contribution < -0.4 is 0 Å². The van der Waals surface area contributed by atoms with E-state index in [2.05, 4.69) is 0 Å². The number of halogens is 2. The number of hydrogen-bond acceptors (Lipinski definition) is 9. The van der Waals surface area contributed by atoms with Crippen molar-refractivity contribution in [3.63, 3.8) is 0 Å². The van der Waals surface area contributed by atoms with E-state index in [1.807, 2.05) is 0 Å². The average Bonchev–Trinajstić information content (AvgIpc) is 3.60. The van der Waals surface area contributed by atoms with Crippen LogP contribution in [0.2, 0.25) is 0 Å². The van der Waals surface area contributed by atoms with Gasteiger partial charge in [0.25, 0.3) is 11.8 Å². The molecule has 1 unspecified atom stereocenters. The molecule has 0 aliphatic carbocycles. The Kier molecular flexibility index (Phi) is 13.5. The number of nitrogens with zero attached hydrogens (tertiary/aromatic N) is 2. The predicted molar refractivity (Wildman–Crippen MR) is 171 cm³/mol. The molecule has 11 nitrogen and oxygen atoms in total. The number of carbonyl (C=O) groups is 5. The summed E-state index contributed by atoms with van der Waals surface area (Å²) in [5.41, 5.74) is 0.260. The smallest absolute Gasteiger partial charge is 0.312 e. The van der Waals surface area contributed by atoms with Gasteiger partial charge in [0.2, 0.25) is 12.2 Å². The molecule has 2 fully saturated rings. The first-order valence-electron chi connectivity index (χ1n) is 16.5. The average molecular weight is 685 g/mol. The number of amides is 3. The number of aliphatic hydroxyl groups is 1. The first-order chi connectivity index (χ1) is 23.5. The molecule has 0 radical (unpaired) electrons. The summed E-state index contributed by atoms with van der Waals surface area (Å²) in [6.45, 7) is 2.53. The van der Waals surface area contributed by atoms with Crippen molar-refractivity contribution in [2.45, 2.75) is 95.5 Å². The summed E-state index contributed by atoms with van der Waals surface area (Å²) < 4.78 is 41.9. The van der Waals surface area contributed by atoms with Gasteiger partial charge in [-0.25, -0.2) is 4.84 Å². The van der Waals surface area contributed by atoms with E-state index in [1.54, 1.807) is 17.9 Å². The Morgan fingerprint density at radius 3 is 2.27 bits per heavy atom. The van der Waals surface area contributed by atoms with Crippen LogP contribution in [0.5, 0.6) is 0 Å². The zero-order valence-electron chi connectivity index (χ0n) is 27.4. The van der Waals surface area contributed by atoms with Crippen LogP contribution in [-0.4, -0.2) is 70.0 Å². The van der Waals surface area contributed by atoms with Crippen LogP contribution in [0, 0.1) is 0 Å². The van der Waals surface area contributed by atoms with E-state index in [4.69, 9.17) is 14.3 Å². The molecule has 2 aromatic carbocycles. The normalized spacial score (nSPS) is 18.0. The summed E-state index contributed by atoms with van der Waals surface area (Å²) in [4.78, 5) is 67.4. The number of hydroxylamine groups is 2. The Morgan fingerprint density at radius 2 is 1.59 bits per heavy atom. The van der Waals surface area contributed by atoms with Crippen LogP contribution in [0.4, 0.5) is 8.78 Å². The second-order valence-electron chi connectivity index (χ2n) is 11.9. The molecular weight excluding hydrogens is 642 g/mol. The molecule has 4 rings (SSSR count). The van der Waals surface area contributed by atoms with Gasteiger partial charge in [-0.2, -0.15) is 13.8 Å². The topological polar surface area (TPSA) is 140 Å². The van der Waals surface area contributed by atoms with Gasteiger partial charge in [-0.1, -0.05) is 73.5 Å². The molecule has 2 saturated heterocycles. The second kappa shape index (κ2) is 17.8. The molecule has 0 aromatic heterocycles. The summed E-state index contributed by atoms with van der Waals surface area (Å²) >= 11 is 0. The lowest BCUT2D eigenvalue weighted by molar-refractivity contribution is -0.247. The number of rotatable bonds is 18. The highest BCUT2D eigenvalue weighted by Crippen LogP contribution is 2.35. The number of ether oxygens (including phenoxy) is 2. The number of likely N-dealkylation sites (tertiary alicyclic amines) is 1. The van der Waals surface area contributed by atoms with Crippen molar-refractivity contribution < 1.29 is 52.2 Å². The van der Waals surface area contributed by atoms with Crippen molar-refractivity contribution in [2.24, 2.45) is 0 Å². The minimum atomic E-state index is -3.59. The summed E-state index contributed by atoms with van der Waals surface area (Å²) in [6, 6.07) is 12.4. The number of aliphatic hydroxyl groups excluding tert-OH is 1. The van der Waals surface area contributed by atoms with E-state index >= 15 is 8.78 Å². The van der Waals surface area contributed by atoms with Gasteiger partial charge in [0.05, 0.1) is 19.1 Å². The maximum Gasteiger partial charge on any atom is 0.312 e. The Balaban J connectivity index is 1.38. The fourth-order valence-corrected chi connectivity index (χ4v) is 5.66. The number of imide groups is 1. The molecule has 2 aliphatic rings. The molecule has 13 heteroatoms. The van der Waals surface area contributed by atoms with Crippen LogP contribution in [-0.2, 0) is 50.6 Å². The number of esters is 2.